The number of amides is 3. The maximum absolute atomic E-state index is 12.6. The van der Waals surface area contributed by atoms with Crippen molar-refractivity contribution in [3.8, 4) is 0 Å². The Morgan fingerprint density at radius 1 is 0.829 bits per heavy atom. The highest BCUT2D eigenvalue weighted by atomic mass is 16.4. The Bertz CT molecular complexity index is 828. The molecule has 0 spiro atoms. The van der Waals surface area contributed by atoms with Crippen molar-refractivity contribution >= 4 is 41.6 Å². The zero-order chi connectivity index (χ0) is 27.3. The molecule has 0 bridgehead atoms. The molecule has 3 amide bonds. The van der Waals surface area contributed by atoms with Crippen LogP contribution < -0.4 is 33.2 Å². The molecule has 0 aliphatic carbocycles. The van der Waals surface area contributed by atoms with E-state index in [9.17, 15) is 39.0 Å². The van der Waals surface area contributed by atoms with Gasteiger partial charge in [-0.25, -0.2) is 4.79 Å². The fourth-order valence-electron chi connectivity index (χ4n) is 2.63. The largest absolute Gasteiger partial charge is 0.481 e. The number of carboxylic acids is 3. The van der Waals surface area contributed by atoms with Crippen molar-refractivity contribution in [3.05, 3.63) is 0 Å². The van der Waals surface area contributed by atoms with Gasteiger partial charge in [-0.2, -0.15) is 0 Å². The zero-order valence-electron chi connectivity index (χ0n) is 18.8. The van der Waals surface area contributed by atoms with E-state index in [0.29, 0.717) is 0 Å². The van der Waals surface area contributed by atoms with Crippen molar-refractivity contribution in [2.75, 3.05) is 6.54 Å². The van der Waals surface area contributed by atoms with E-state index in [1.54, 1.807) is 0 Å². The van der Waals surface area contributed by atoms with Gasteiger partial charge in [-0.1, -0.05) is 0 Å². The summed E-state index contributed by atoms with van der Waals surface area (Å²) in [7, 11) is 0. The van der Waals surface area contributed by atoms with Gasteiger partial charge in [-0.15, -0.1) is 0 Å². The van der Waals surface area contributed by atoms with Crippen LogP contribution in [-0.2, 0) is 28.8 Å². The number of aliphatic hydroxyl groups excluding tert-OH is 1. The van der Waals surface area contributed by atoms with Crippen LogP contribution in [0, 0.1) is 0 Å². The van der Waals surface area contributed by atoms with Gasteiger partial charge in [0.2, 0.25) is 17.7 Å². The lowest BCUT2D eigenvalue weighted by atomic mass is 10.1. The first kappa shape index (κ1) is 31.0. The number of hydrogen-bond donors (Lipinski definition) is 10. The Kier molecular flexibility index (Phi) is 13.3. The van der Waals surface area contributed by atoms with E-state index in [2.05, 4.69) is 10.3 Å². The topological polar surface area (TPSA) is 310 Å². The minimum Gasteiger partial charge on any atom is -0.481 e. The molecule has 17 heteroatoms. The smallest absolute Gasteiger partial charge is 0.326 e. The number of guanidine groups is 1. The summed E-state index contributed by atoms with van der Waals surface area (Å²) < 4.78 is 0. The van der Waals surface area contributed by atoms with Crippen LogP contribution in [-0.4, -0.2) is 98.8 Å². The summed E-state index contributed by atoms with van der Waals surface area (Å²) in [6.07, 6.45) is -3.27. The molecule has 0 aromatic heterocycles. The molecule has 0 aliphatic rings. The summed E-state index contributed by atoms with van der Waals surface area (Å²) in [5.74, 6) is -8.02. The third-order valence-electron chi connectivity index (χ3n) is 4.37. The third-order valence-corrected chi connectivity index (χ3v) is 4.37. The molecular formula is C18H31N7O10. The van der Waals surface area contributed by atoms with E-state index in [1.807, 2.05) is 10.6 Å². The van der Waals surface area contributed by atoms with Gasteiger partial charge in [0, 0.05) is 6.54 Å². The summed E-state index contributed by atoms with van der Waals surface area (Å²) in [5, 5.41) is 43.1. The lowest BCUT2D eigenvalue weighted by Gasteiger charge is -2.25. The van der Waals surface area contributed by atoms with Crippen LogP contribution in [0.1, 0.15) is 32.6 Å². The molecule has 5 atom stereocenters. The van der Waals surface area contributed by atoms with Gasteiger partial charge in [0.25, 0.3) is 0 Å². The first-order chi connectivity index (χ1) is 16.1. The second-order valence-corrected chi connectivity index (χ2v) is 7.44. The number of rotatable bonds is 16. The van der Waals surface area contributed by atoms with Crippen molar-refractivity contribution in [3.63, 3.8) is 0 Å². The number of nitrogens with one attached hydrogen (secondary N) is 3. The molecule has 5 unspecified atom stereocenters. The first-order valence-electron chi connectivity index (χ1n) is 10.2. The molecule has 0 aliphatic heterocycles. The Hall–Kier alpha value is -3.99. The van der Waals surface area contributed by atoms with Gasteiger partial charge in [0.15, 0.2) is 5.96 Å². The molecule has 0 radical (unpaired) electrons. The molecule has 17 nitrogen and oxygen atoms in total. The molecule has 0 heterocycles. The molecule has 0 saturated heterocycles. The molecule has 0 fully saturated rings. The number of aliphatic imine (C=N–C) groups is 1. The number of hydrogen-bond acceptors (Lipinski definition) is 9. The number of nitrogens with zero attached hydrogens (tertiary/aromatic N) is 1. The highest BCUT2D eigenvalue weighted by molar-refractivity contribution is 5.96. The number of carbonyl (C=O) groups is 6. The van der Waals surface area contributed by atoms with Gasteiger partial charge in [0.1, 0.15) is 18.1 Å². The van der Waals surface area contributed by atoms with Gasteiger partial charge >= 0.3 is 17.9 Å². The Balaban J connectivity index is 5.42. The van der Waals surface area contributed by atoms with Gasteiger partial charge in [0.05, 0.1) is 25.0 Å². The van der Waals surface area contributed by atoms with Crippen molar-refractivity contribution in [1.29, 1.82) is 0 Å². The van der Waals surface area contributed by atoms with E-state index in [-0.39, 0.29) is 25.3 Å². The monoisotopic (exact) mass is 505 g/mol. The van der Waals surface area contributed by atoms with Crippen LogP contribution in [0.3, 0.4) is 0 Å². The van der Waals surface area contributed by atoms with Crippen LogP contribution in [0.4, 0.5) is 0 Å². The first-order valence-corrected chi connectivity index (χ1v) is 10.2. The average molecular weight is 505 g/mol. The Morgan fingerprint density at radius 2 is 1.37 bits per heavy atom. The van der Waals surface area contributed by atoms with Crippen LogP contribution >= 0.6 is 0 Å². The van der Waals surface area contributed by atoms with Gasteiger partial charge < -0.3 is 53.6 Å². The van der Waals surface area contributed by atoms with Crippen molar-refractivity contribution in [2.45, 2.75) is 62.9 Å². The van der Waals surface area contributed by atoms with E-state index < -0.39 is 78.7 Å². The Morgan fingerprint density at radius 3 is 1.83 bits per heavy atom. The summed E-state index contributed by atoms with van der Waals surface area (Å²) in [6, 6.07) is -6.55. The summed E-state index contributed by atoms with van der Waals surface area (Å²) in [4.78, 5) is 74.2. The van der Waals surface area contributed by atoms with Crippen LogP contribution in [0.25, 0.3) is 0 Å². The quantitative estimate of drug-likeness (QED) is 0.0535. The second-order valence-electron chi connectivity index (χ2n) is 7.44. The van der Waals surface area contributed by atoms with Crippen molar-refractivity contribution < 1.29 is 49.2 Å². The number of aliphatic carboxylic acids is 3. The molecule has 0 aromatic carbocycles. The predicted molar refractivity (Wildman–Crippen MR) is 118 cm³/mol. The van der Waals surface area contributed by atoms with Gasteiger partial charge in [-0.05, 0) is 19.8 Å². The van der Waals surface area contributed by atoms with Crippen LogP contribution in [0.15, 0.2) is 4.99 Å². The molecule has 13 N–H and O–H groups in total. The lowest BCUT2D eigenvalue weighted by molar-refractivity contribution is -0.144. The Labute approximate surface area is 199 Å². The number of aliphatic hydroxyl groups is 1. The molecule has 35 heavy (non-hydrogen) atoms. The van der Waals surface area contributed by atoms with Crippen molar-refractivity contribution in [2.24, 2.45) is 22.2 Å². The van der Waals surface area contributed by atoms with E-state index in [4.69, 9.17) is 27.4 Å². The fourth-order valence-corrected chi connectivity index (χ4v) is 2.63. The second kappa shape index (κ2) is 15.0. The summed E-state index contributed by atoms with van der Waals surface area (Å²) in [5.41, 5.74) is 15.7. The maximum Gasteiger partial charge on any atom is 0.326 e. The fraction of sp³-hybridized carbons (Fsp3) is 0.611. The van der Waals surface area contributed by atoms with E-state index in [1.165, 1.54) is 0 Å². The molecular weight excluding hydrogens is 474 g/mol. The number of carbonyl (C=O) groups excluding carboxylic acids is 3. The zero-order valence-corrected chi connectivity index (χ0v) is 18.8. The van der Waals surface area contributed by atoms with E-state index in [0.717, 1.165) is 6.92 Å². The highest BCUT2D eigenvalue weighted by Gasteiger charge is 2.33. The third kappa shape index (κ3) is 12.7. The highest BCUT2D eigenvalue weighted by Crippen LogP contribution is 2.03. The van der Waals surface area contributed by atoms with Crippen LogP contribution in [0.5, 0.6) is 0 Å². The standard InChI is InChI=1S/C18H31N7O10/c1-7(26)13(25-14(31)8(19)5-11(27)28)16(33)24-10(6-12(29)30)15(32)23-9(17(34)35)3-2-4-22-18(20)21/h7-10,13,26H,2-6,19H2,1H3,(H,23,32)(H,24,33)(H,25,31)(H,27,28)(H,29,30)(H,34,35)(H4,20,21,22). The average Bonchev–Trinajstić information content (AvgIpc) is 2.71. The van der Waals surface area contributed by atoms with Crippen LogP contribution in [0.2, 0.25) is 0 Å². The summed E-state index contributed by atoms with van der Waals surface area (Å²) >= 11 is 0. The number of nitrogens with two attached hydrogens (primary N) is 3. The molecule has 198 valence electrons. The molecule has 0 saturated carbocycles. The normalized spacial score (nSPS) is 14.8. The van der Waals surface area contributed by atoms with Gasteiger partial charge in [-0.3, -0.25) is 29.0 Å². The molecule has 0 aromatic rings. The minimum atomic E-state index is -1.79. The number of carboxylic acid groups (broad SMARTS) is 3. The predicted octanol–water partition coefficient (Wildman–Crippen LogP) is -4.76. The molecule has 0 rings (SSSR count). The summed E-state index contributed by atoms with van der Waals surface area (Å²) in [6.45, 7) is 1.16. The SMILES string of the molecule is CC(O)C(NC(=O)C(N)CC(=O)O)C(=O)NC(CC(=O)O)C(=O)NC(CCCN=C(N)N)C(=O)O. The maximum atomic E-state index is 12.6. The minimum absolute atomic E-state index is 0.0665. The van der Waals surface area contributed by atoms with E-state index >= 15 is 0 Å². The van der Waals surface area contributed by atoms with Crippen molar-refractivity contribution in [1.82, 2.24) is 16.0 Å². The lowest BCUT2D eigenvalue weighted by Crippen LogP contribution is -2.60.